The number of nitro benzene ring substituents is 1. The van der Waals surface area contributed by atoms with Crippen LogP contribution in [0.25, 0.3) is 0 Å². The number of methoxy groups -OCH3 is 1. The van der Waals surface area contributed by atoms with Gasteiger partial charge in [-0.15, -0.1) is 0 Å². The molecular weight excluding hydrogens is 252 g/mol. The number of nitro groups is 1. The minimum Gasteiger partial charge on any atom is -0.497 e. The number of carboxylic acid groups (broad SMARTS) is 1. The SMILES string of the molecule is COc1ccc([N+](=O)[O-])c(N(CC(=O)O)C2CC2)c1. The second-order valence-electron chi connectivity index (χ2n) is 4.36. The lowest BCUT2D eigenvalue weighted by Gasteiger charge is -2.22. The van der Waals surface area contributed by atoms with E-state index >= 15 is 0 Å². The second-order valence-corrected chi connectivity index (χ2v) is 4.36. The van der Waals surface area contributed by atoms with Crippen molar-refractivity contribution in [3.8, 4) is 5.75 Å². The molecule has 0 atom stereocenters. The van der Waals surface area contributed by atoms with Crippen molar-refractivity contribution < 1.29 is 19.6 Å². The molecular formula is C12H14N2O5. The molecule has 2 rings (SSSR count). The van der Waals surface area contributed by atoms with E-state index in [1.54, 1.807) is 4.90 Å². The number of rotatable bonds is 6. The van der Waals surface area contributed by atoms with Crippen molar-refractivity contribution in [3.05, 3.63) is 28.3 Å². The molecule has 7 nitrogen and oxygen atoms in total. The molecule has 0 saturated heterocycles. The average Bonchev–Trinajstić information content (AvgIpc) is 3.19. The Morgan fingerprint density at radius 3 is 2.74 bits per heavy atom. The van der Waals surface area contributed by atoms with E-state index in [9.17, 15) is 14.9 Å². The highest BCUT2D eigenvalue weighted by molar-refractivity contribution is 5.77. The lowest BCUT2D eigenvalue weighted by molar-refractivity contribution is -0.384. The number of hydrogen-bond acceptors (Lipinski definition) is 5. The zero-order valence-corrected chi connectivity index (χ0v) is 10.4. The maximum absolute atomic E-state index is 11.0. The zero-order valence-electron chi connectivity index (χ0n) is 10.4. The van der Waals surface area contributed by atoms with Crippen molar-refractivity contribution in [1.29, 1.82) is 0 Å². The van der Waals surface area contributed by atoms with Crippen LogP contribution in [-0.2, 0) is 4.79 Å². The minimum absolute atomic E-state index is 0.0573. The number of aliphatic carboxylic acids is 1. The van der Waals surface area contributed by atoms with E-state index < -0.39 is 10.9 Å². The topological polar surface area (TPSA) is 92.9 Å². The predicted octanol–water partition coefficient (Wildman–Crippen LogP) is 1.66. The summed E-state index contributed by atoms with van der Waals surface area (Å²) in [6.45, 7) is -0.251. The molecule has 19 heavy (non-hydrogen) atoms. The van der Waals surface area contributed by atoms with Crippen LogP contribution < -0.4 is 9.64 Å². The summed E-state index contributed by atoms with van der Waals surface area (Å²) in [7, 11) is 1.46. The molecule has 0 aromatic heterocycles. The zero-order chi connectivity index (χ0) is 14.0. The van der Waals surface area contributed by atoms with E-state index in [1.165, 1.54) is 25.3 Å². The quantitative estimate of drug-likeness (QED) is 0.621. The minimum atomic E-state index is -1.01. The Labute approximate surface area is 109 Å². The first kappa shape index (κ1) is 13.1. The van der Waals surface area contributed by atoms with Gasteiger partial charge in [0.05, 0.1) is 12.0 Å². The summed E-state index contributed by atoms with van der Waals surface area (Å²) >= 11 is 0. The first-order chi connectivity index (χ1) is 9.02. The Morgan fingerprint density at radius 1 is 1.58 bits per heavy atom. The summed E-state index contributed by atoms with van der Waals surface area (Å²) in [6.07, 6.45) is 1.70. The van der Waals surface area contributed by atoms with Gasteiger partial charge in [0.1, 0.15) is 18.0 Å². The lowest BCUT2D eigenvalue weighted by Crippen LogP contribution is -2.32. The molecule has 1 aromatic rings. The van der Waals surface area contributed by atoms with Crippen molar-refractivity contribution in [1.82, 2.24) is 0 Å². The van der Waals surface area contributed by atoms with Crippen molar-refractivity contribution in [2.75, 3.05) is 18.6 Å². The van der Waals surface area contributed by atoms with Gasteiger partial charge in [-0.3, -0.25) is 14.9 Å². The molecule has 0 bridgehead atoms. The molecule has 1 saturated carbocycles. The maximum atomic E-state index is 11.0. The molecule has 1 aromatic carbocycles. The second kappa shape index (κ2) is 5.13. The van der Waals surface area contributed by atoms with Gasteiger partial charge in [-0.05, 0) is 18.9 Å². The van der Waals surface area contributed by atoms with Crippen LogP contribution in [0.1, 0.15) is 12.8 Å². The third-order valence-electron chi connectivity index (χ3n) is 2.98. The molecule has 1 aliphatic rings. The molecule has 1 aliphatic carbocycles. The third kappa shape index (κ3) is 2.93. The molecule has 0 amide bonds. The van der Waals surface area contributed by atoms with E-state index in [4.69, 9.17) is 9.84 Å². The Kier molecular flexibility index (Phi) is 3.55. The van der Waals surface area contributed by atoms with Crippen LogP contribution >= 0.6 is 0 Å². The number of benzene rings is 1. The van der Waals surface area contributed by atoms with E-state index in [0.29, 0.717) is 11.4 Å². The van der Waals surface area contributed by atoms with Crippen molar-refractivity contribution in [3.63, 3.8) is 0 Å². The van der Waals surface area contributed by atoms with E-state index in [0.717, 1.165) is 12.8 Å². The first-order valence-electron chi connectivity index (χ1n) is 5.83. The summed E-state index contributed by atoms with van der Waals surface area (Å²) in [5.41, 5.74) is 0.197. The maximum Gasteiger partial charge on any atom is 0.323 e. The number of nitrogens with zero attached hydrogens (tertiary/aromatic N) is 2. The van der Waals surface area contributed by atoms with E-state index in [1.807, 2.05) is 0 Å². The fourth-order valence-electron chi connectivity index (χ4n) is 1.96. The van der Waals surface area contributed by atoms with E-state index in [-0.39, 0.29) is 18.3 Å². The molecule has 0 radical (unpaired) electrons. The van der Waals surface area contributed by atoms with Gasteiger partial charge >= 0.3 is 5.97 Å². The molecule has 1 fully saturated rings. The molecule has 7 heteroatoms. The summed E-state index contributed by atoms with van der Waals surface area (Å²) in [5.74, 6) is -0.541. The first-order valence-corrected chi connectivity index (χ1v) is 5.83. The Balaban J connectivity index is 2.43. The van der Waals surface area contributed by atoms with Gasteiger partial charge < -0.3 is 14.7 Å². The fourth-order valence-corrected chi connectivity index (χ4v) is 1.96. The molecule has 1 N–H and O–H groups in total. The Morgan fingerprint density at radius 2 is 2.26 bits per heavy atom. The van der Waals surface area contributed by atoms with Crippen LogP contribution in [0.5, 0.6) is 5.75 Å². The van der Waals surface area contributed by atoms with Gasteiger partial charge in [0, 0.05) is 18.2 Å². The van der Waals surface area contributed by atoms with Crippen LogP contribution in [0.2, 0.25) is 0 Å². The van der Waals surface area contributed by atoms with Gasteiger partial charge in [-0.25, -0.2) is 0 Å². The molecule has 0 heterocycles. The summed E-state index contributed by atoms with van der Waals surface area (Å²) < 4.78 is 5.05. The van der Waals surface area contributed by atoms with Gasteiger partial charge in [0.25, 0.3) is 5.69 Å². The largest absolute Gasteiger partial charge is 0.497 e. The number of carbonyl (C=O) groups is 1. The highest BCUT2D eigenvalue weighted by atomic mass is 16.6. The molecule has 0 unspecified atom stereocenters. The average molecular weight is 266 g/mol. The number of anilines is 1. The van der Waals surface area contributed by atoms with Gasteiger partial charge in [-0.2, -0.15) is 0 Å². The van der Waals surface area contributed by atoms with Crippen LogP contribution in [0.4, 0.5) is 11.4 Å². The van der Waals surface area contributed by atoms with Crippen molar-refractivity contribution in [2.24, 2.45) is 0 Å². The fraction of sp³-hybridized carbons (Fsp3) is 0.417. The Hall–Kier alpha value is -2.31. The third-order valence-corrected chi connectivity index (χ3v) is 2.98. The highest BCUT2D eigenvalue weighted by Crippen LogP contribution is 2.38. The van der Waals surface area contributed by atoms with Crippen LogP contribution in [-0.4, -0.2) is 35.7 Å². The van der Waals surface area contributed by atoms with Crippen molar-refractivity contribution in [2.45, 2.75) is 18.9 Å². The van der Waals surface area contributed by atoms with Crippen LogP contribution in [0.15, 0.2) is 18.2 Å². The predicted molar refractivity (Wildman–Crippen MR) is 67.7 cm³/mol. The van der Waals surface area contributed by atoms with Gasteiger partial charge in [0.2, 0.25) is 0 Å². The van der Waals surface area contributed by atoms with Gasteiger partial charge in [-0.1, -0.05) is 0 Å². The standard InChI is InChI=1S/C12H14N2O5/c1-19-9-4-5-10(14(17)18)11(6-9)13(7-12(15)16)8-2-3-8/h4-6,8H,2-3,7H2,1H3,(H,15,16). The molecule has 0 spiro atoms. The monoisotopic (exact) mass is 266 g/mol. The number of carboxylic acids is 1. The Bertz CT molecular complexity index is 513. The summed E-state index contributed by atoms with van der Waals surface area (Å²) in [6, 6.07) is 4.40. The molecule has 102 valence electrons. The molecule has 0 aliphatic heterocycles. The van der Waals surface area contributed by atoms with Crippen molar-refractivity contribution >= 4 is 17.3 Å². The van der Waals surface area contributed by atoms with E-state index in [2.05, 4.69) is 0 Å². The van der Waals surface area contributed by atoms with Gasteiger partial charge in [0.15, 0.2) is 0 Å². The summed E-state index contributed by atoms with van der Waals surface area (Å²) in [4.78, 5) is 23.0. The summed E-state index contributed by atoms with van der Waals surface area (Å²) in [5, 5.41) is 20.0. The smallest absolute Gasteiger partial charge is 0.323 e. The number of ether oxygens (including phenoxy) is 1. The van der Waals surface area contributed by atoms with Crippen LogP contribution in [0.3, 0.4) is 0 Å². The number of hydrogen-bond donors (Lipinski definition) is 1. The lowest BCUT2D eigenvalue weighted by atomic mass is 10.2. The normalized spacial score (nSPS) is 13.9. The highest BCUT2D eigenvalue weighted by Gasteiger charge is 2.34. The van der Waals surface area contributed by atoms with Crippen LogP contribution in [0, 0.1) is 10.1 Å².